The number of aromatic nitrogens is 1. The van der Waals surface area contributed by atoms with Crippen molar-refractivity contribution in [1.82, 2.24) is 15.2 Å². The van der Waals surface area contributed by atoms with E-state index in [0.29, 0.717) is 12.2 Å². The Morgan fingerprint density at radius 2 is 1.73 bits per heavy atom. The summed E-state index contributed by atoms with van der Waals surface area (Å²) < 4.78 is 1.92. The molecule has 1 aliphatic rings. The molecule has 0 unspecified atom stereocenters. The standard InChI is InChI=1S/C25H29N3O2/c1-28-22-14-8-5-11-19(22)17-23(28)25(30)27-21-13-7-6-12-20(21)24(29)26-16-15-18-9-3-2-4-10-18/h2-5,8-11,14,17,20-21H,6-7,12-13,15-16H2,1H3,(H,26,29)(H,27,30)/t20-,21+/m1/s1. The van der Waals surface area contributed by atoms with Crippen molar-refractivity contribution < 1.29 is 9.59 Å². The predicted octanol–water partition coefficient (Wildman–Crippen LogP) is 3.83. The van der Waals surface area contributed by atoms with E-state index in [2.05, 4.69) is 22.8 Å². The molecule has 0 bridgehead atoms. The van der Waals surface area contributed by atoms with E-state index in [9.17, 15) is 9.59 Å². The first-order valence-corrected chi connectivity index (χ1v) is 10.8. The Balaban J connectivity index is 1.39. The van der Waals surface area contributed by atoms with Crippen LogP contribution in [0.2, 0.25) is 0 Å². The molecule has 5 nitrogen and oxygen atoms in total. The molecule has 1 heterocycles. The number of nitrogens with zero attached hydrogens (tertiary/aromatic N) is 1. The van der Waals surface area contributed by atoms with Gasteiger partial charge in [0.15, 0.2) is 0 Å². The van der Waals surface area contributed by atoms with Gasteiger partial charge in [-0.2, -0.15) is 0 Å². The van der Waals surface area contributed by atoms with Crippen LogP contribution in [0.1, 0.15) is 41.7 Å². The summed E-state index contributed by atoms with van der Waals surface area (Å²) in [5.74, 6) is -0.233. The largest absolute Gasteiger partial charge is 0.355 e. The molecule has 0 aliphatic heterocycles. The van der Waals surface area contributed by atoms with Crippen molar-refractivity contribution in [2.45, 2.75) is 38.1 Å². The van der Waals surface area contributed by atoms with Crippen molar-refractivity contribution in [3.05, 3.63) is 71.9 Å². The summed E-state index contributed by atoms with van der Waals surface area (Å²) in [6.07, 6.45) is 4.53. The quantitative estimate of drug-likeness (QED) is 0.657. The number of hydrogen-bond acceptors (Lipinski definition) is 2. The summed E-state index contributed by atoms with van der Waals surface area (Å²) in [6.45, 7) is 0.614. The summed E-state index contributed by atoms with van der Waals surface area (Å²) in [5, 5.41) is 7.28. The van der Waals surface area contributed by atoms with Gasteiger partial charge in [-0.15, -0.1) is 0 Å². The Hall–Kier alpha value is -3.08. The fourth-order valence-electron chi connectivity index (χ4n) is 4.47. The van der Waals surface area contributed by atoms with Crippen LogP contribution in [0.15, 0.2) is 60.7 Å². The highest BCUT2D eigenvalue weighted by Crippen LogP contribution is 2.26. The lowest BCUT2D eigenvalue weighted by molar-refractivity contribution is -0.126. The maximum atomic E-state index is 13.0. The fraction of sp³-hybridized carbons (Fsp3) is 0.360. The third-order valence-electron chi connectivity index (χ3n) is 6.16. The monoisotopic (exact) mass is 403 g/mol. The molecule has 1 fully saturated rings. The topological polar surface area (TPSA) is 63.1 Å². The average Bonchev–Trinajstić information content (AvgIpc) is 3.12. The maximum Gasteiger partial charge on any atom is 0.268 e. The molecule has 1 saturated carbocycles. The van der Waals surface area contributed by atoms with E-state index >= 15 is 0 Å². The molecular formula is C25H29N3O2. The molecule has 156 valence electrons. The molecule has 30 heavy (non-hydrogen) atoms. The van der Waals surface area contributed by atoms with E-state index in [4.69, 9.17) is 0 Å². The van der Waals surface area contributed by atoms with Gasteiger partial charge in [-0.25, -0.2) is 0 Å². The van der Waals surface area contributed by atoms with Gasteiger partial charge >= 0.3 is 0 Å². The van der Waals surface area contributed by atoms with Crippen LogP contribution in [0.25, 0.3) is 10.9 Å². The molecule has 2 atom stereocenters. The summed E-state index contributed by atoms with van der Waals surface area (Å²) >= 11 is 0. The number of amides is 2. The third-order valence-corrected chi connectivity index (χ3v) is 6.16. The Kier molecular flexibility index (Phi) is 6.17. The van der Waals surface area contributed by atoms with Gasteiger partial charge < -0.3 is 15.2 Å². The zero-order valence-electron chi connectivity index (χ0n) is 17.4. The minimum atomic E-state index is -0.173. The molecule has 0 radical (unpaired) electrons. The van der Waals surface area contributed by atoms with Crippen molar-refractivity contribution in [2.75, 3.05) is 6.54 Å². The summed E-state index contributed by atoms with van der Waals surface area (Å²) in [4.78, 5) is 25.9. The SMILES string of the molecule is Cn1c(C(=O)N[C@H]2CCCC[C@H]2C(=O)NCCc2ccccc2)cc2ccccc21. The van der Waals surface area contributed by atoms with Gasteiger partial charge in [-0.05, 0) is 37.0 Å². The van der Waals surface area contributed by atoms with Crippen molar-refractivity contribution in [2.24, 2.45) is 13.0 Å². The number of fused-ring (bicyclic) bond motifs is 1. The predicted molar refractivity (Wildman–Crippen MR) is 119 cm³/mol. The lowest BCUT2D eigenvalue weighted by Gasteiger charge is -2.31. The second-order valence-electron chi connectivity index (χ2n) is 8.14. The lowest BCUT2D eigenvalue weighted by atomic mass is 9.83. The van der Waals surface area contributed by atoms with Crippen LogP contribution in [0, 0.1) is 5.92 Å². The molecule has 0 saturated heterocycles. The number of nitrogens with one attached hydrogen (secondary N) is 2. The molecule has 2 aromatic carbocycles. The highest BCUT2D eigenvalue weighted by Gasteiger charge is 2.32. The average molecular weight is 404 g/mol. The minimum Gasteiger partial charge on any atom is -0.355 e. The van der Waals surface area contributed by atoms with E-state index in [1.165, 1.54) is 5.56 Å². The first-order chi connectivity index (χ1) is 14.6. The zero-order chi connectivity index (χ0) is 20.9. The molecule has 2 amide bonds. The van der Waals surface area contributed by atoms with E-state index in [0.717, 1.165) is 43.0 Å². The summed E-state index contributed by atoms with van der Waals surface area (Å²) in [6, 6.07) is 19.9. The molecule has 3 aromatic rings. The van der Waals surface area contributed by atoms with Crippen LogP contribution in [-0.2, 0) is 18.3 Å². The van der Waals surface area contributed by atoms with Gasteiger partial charge in [-0.1, -0.05) is 61.4 Å². The van der Waals surface area contributed by atoms with Gasteiger partial charge in [0.1, 0.15) is 5.69 Å². The van der Waals surface area contributed by atoms with Crippen LogP contribution < -0.4 is 10.6 Å². The lowest BCUT2D eigenvalue weighted by Crippen LogP contribution is -2.48. The van der Waals surface area contributed by atoms with Crippen LogP contribution in [0.4, 0.5) is 0 Å². The second-order valence-corrected chi connectivity index (χ2v) is 8.14. The van der Waals surface area contributed by atoms with E-state index in [-0.39, 0.29) is 23.8 Å². The summed E-state index contributed by atoms with van der Waals surface area (Å²) in [5.41, 5.74) is 2.87. The molecule has 1 aliphatic carbocycles. The van der Waals surface area contributed by atoms with Crippen molar-refractivity contribution in [1.29, 1.82) is 0 Å². The number of carbonyl (C=O) groups is 2. The van der Waals surface area contributed by atoms with Crippen molar-refractivity contribution in [3.8, 4) is 0 Å². The van der Waals surface area contributed by atoms with Gasteiger partial charge in [-0.3, -0.25) is 9.59 Å². The number of para-hydroxylation sites is 1. The number of rotatable bonds is 6. The number of aryl methyl sites for hydroxylation is 1. The van der Waals surface area contributed by atoms with E-state index in [1.54, 1.807) is 0 Å². The third kappa shape index (κ3) is 4.40. The Bertz CT molecular complexity index is 1030. The molecule has 0 spiro atoms. The Labute approximate surface area is 177 Å². The minimum absolute atomic E-state index is 0.0490. The van der Waals surface area contributed by atoms with Gasteiger partial charge in [0.2, 0.25) is 5.91 Å². The fourth-order valence-corrected chi connectivity index (χ4v) is 4.47. The number of carbonyl (C=O) groups excluding carboxylic acids is 2. The normalized spacial score (nSPS) is 18.8. The van der Waals surface area contributed by atoms with Crippen molar-refractivity contribution >= 4 is 22.7 Å². The summed E-state index contributed by atoms with van der Waals surface area (Å²) in [7, 11) is 1.91. The Morgan fingerprint density at radius 3 is 2.53 bits per heavy atom. The van der Waals surface area contributed by atoms with Gasteiger partial charge in [0.05, 0.1) is 5.92 Å². The first kappa shape index (κ1) is 20.2. The Morgan fingerprint density at radius 1 is 1.00 bits per heavy atom. The molecule has 4 rings (SSSR count). The number of benzene rings is 2. The molecule has 5 heteroatoms. The highest BCUT2D eigenvalue weighted by atomic mass is 16.2. The van der Waals surface area contributed by atoms with Crippen LogP contribution >= 0.6 is 0 Å². The van der Waals surface area contributed by atoms with E-state index in [1.807, 2.05) is 60.1 Å². The molecular weight excluding hydrogens is 374 g/mol. The zero-order valence-corrected chi connectivity index (χ0v) is 17.4. The van der Waals surface area contributed by atoms with Gasteiger partial charge in [0, 0.05) is 30.5 Å². The van der Waals surface area contributed by atoms with E-state index < -0.39 is 0 Å². The highest BCUT2D eigenvalue weighted by molar-refractivity contribution is 5.99. The molecule has 1 aromatic heterocycles. The second kappa shape index (κ2) is 9.16. The van der Waals surface area contributed by atoms with Crippen LogP contribution in [0.5, 0.6) is 0 Å². The van der Waals surface area contributed by atoms with Crippen LogP contribution in [-0.4, -0.2) is 29.0 Å². The molecule has 2 N–H and O–H groups in total. The van der Waals surface area contributed by atoms with Crippen LogP contribution in [0.3, 0.4) is 0 Å². The van der Waals surface area contributed by atoms with Gasteiger partial charge in [0.25, 0.3) is 5.91 Å². The maximum absolute atomic E-state index is 13.0. The smallest absolute Gasteiger partial charge is 0.268 e. The number of hydrogen-bond donors (Lipinski definition) is 2. The first-order valence-electron chi connectivity index (χ1n) is 10.8. The van der Waals surface area contributed by atoms with Crippen molar-refractivity contribution in [3.63, 3.8) is 0 Å².